The highest BCUT2D eigenvalue weighted by molar-refractivity contribution is 7.09. The van der Waals surface area contributed by atoms with Crippen LogP contribution in [0.4, 0.5) is 13.2 Å². The van der Waals surface area contributed by atoms with Gasteiger partial charge in [-0.15, -0.1) is 11.3 Å². The summed E-state index contributed by atoms with van der Waals surface area (Å²) in [5.41, 5.74) is 4.16. The van der Waals surface area contributed by atoms with Gasteiger partial charge < -0.3 is 20.8 Å². The number of carbonyl (C=O) groups is 1. The minimum absolute atomic E-state index is 0.0391. The van der Waals surface area contributed by atoms with E-state index in [9.17, 15) is 18.0 Å². The van der Waals surface area contributed by atoms with E-state index in [1.807, 2.05) is 0 Å². The van der Waals surface area contributed by atoms with Crippen molar-refractivity contribution < 1.29 is 22.4 Å². The molecule has 2 rings (SSSR count). The fourth-order valence-electron chi connectivity index (χ4n) is 1.68. The molecular formula is C13H14F3N5O2S. The first-order valence-electron chi connectivity index (χ1n) is 6.64. The number of guanidine groups is 1. The van der Waals surface area contributed by atoms with Crippen molar-refractivity contribution in [3.63, 3.8) is 0 Å². The number of halogens is 3. The first-order valence-corrected chi connectivity index (χ1v) is 7.52. The zero-order chi connectivity index (χ0) is 17.7. The lowest BCUT2D eigenvalue weighted by atomic mass is 10.4. The summed E-state index contributed by atoms with van der Waals surface area (Å²) in [6.45, 7) is 0.309. The molecule has 0 radical (unpaired) electrons. The molecular weight excluding hydrogens is 347 g/mol. The average Bonchev–Trinajstić information content (AvgIpc) is 3.16. The Balaban J connectivity index is 1.86. The molecule has 130 valence electrons. The number of nitrogens with two attached hydrogens (primary N) is 1. The summed E-state index contributed by atoms with van der Waals surface area (Å²) in [6, 6.07) is 3.03. The Hall–Kier alpha value is -2.56. The summed E-state index contributed by atoms with van der Waals surface area (Å²) in [5.74, 6) is 0.168. The third kappa shape index (κ3) is 4.72. The van der Waals surface area contributed by atoms with E-state index in [4.69, 9.17) is 10.2 Å². The minimum Gasteiger partial charge on any atom is -0.454 e. The second-order valence-electron chi connectivity index (χ2n) is 4.53. The SMILES string of the molecule is CN=C(NCc1ccc(C(N)=O)o1)NCc1nc(C(F)(F)F)cs1. The molecule has 0 atom stereocenters. The largest absolute Gasteiger partial charge is 0.454 e. The normalized spacial score (nSPS) is 12.2. The Labute approximate surface area is 138 Å². The summed E-state index contributed by atoms with van der Waals surface area (Å²) < 4.78 is 42.6. The third-order valence-corrected chi connectivity index (χ3v) is 3.66. The highest BCUT2D eigenvalue weighted by Gasteiger charge is 2.33. The van der Waals surface area contributed by atoms with Gasteiger partial charge in [0.2, 0.25) is 0 Å². The Morgan fingerprint density at radius 1 is 1.38 bits per heavy atom. The molecule has 7 nitrogen and oxygen atoms in total. The number of aliphatic imine (C=N–C) groups is 1. The number of aromatic nitrogens is 1. The molecule has 0 aliphatic rings. The molecule has 24 heavy (non-hydrogen) atoms. The van der Waals surface area contributed by atoms with Gasteiger partial charge in [0.15, 0.2) is 17.4 Å². The summed E-state index contributed by atoms with van der Waals surface area (Å²) in [4.78, 5) is 18.4. The third-order valence-electron chi connectivity index (χ3n) is 2.81. The van der Waals surface area contributed by atoms with Crippen LogP contribution < -0.4 is 16.4 Å². The molecule has 0 aromatic carbocycles. The smallest absolute Gasteiger partial charge is 0.434 e. The number of nitrogens with one attached hydrogen (secondary N) is 2. The second kappa shape index (κ2) is 7.34. The molecule has 0 fully saturated rings. The maximum Gasteiger partial charge on any atom is 0.434 e. The number of nitrogens with zero attached hydrogens (tertiary/aromatic N) is 2. The van der Waals surface area contributed by atoms with E-state index in [1.54, 1.807) is 6.07 Å². The van der Waals surface area contributed by atoms with Crippen molar-refractivity contribution in [3.05, 3.63) is 39.7 Å². The number of amides is 1. The van der Waals surface area contributed by atoms with Gasteiger partial charge in [0.25, 0.3) is 5.91 Å². The number of hydrogen-bond donors (Lipinski definition) is 3. The number of rotatable bonds is 5. The van der Waals surface area contributed by atoms with Gasteiger partial charge >= 0.3 is 6.18 Å². The molecule has 0 bridgehead atoms. The van der Waals surface area contributed by atoms with Crippen LogP contribution in [0.25, 0.3) is 0 Å². The predicted molar refractivity (Wildman–Crippen MR) is 81.4 cm³/mol. The fraction of sp³-hybridized carbons (Fsp3) is 0.308. The fourth-order valence-corrected chi connectivity index (χ4v) is 2.42. The van der Waals surface area contributed by atoms with Crippen molar-refractivity contribution in [1.82, 2.24) is 15.6 Å². The van der Waals surface area contributed by atoms with Crippen molar-refractivity contribution in [2.45, 2.75) is 19.3 Å². The molecule has 2 heterocycles. The maximum absolute atomic E-state index is 12.5. The average molecular weight is 361 g/mol. The zero-order valence-corrected chi connectivity index (χ0v) is 13.3. The van der Waals surface area contributed by atoms with Crippen LogP contribution >= 0.6 is 11.3 Å². The Morgan fingerprint density at radius 2 is 2.08 bits per heavy atom. The van der Waals surface area contributed by atoms with Gasteiger partial charge in [-0.1, -0.05) is 0 Å². The van der Waals surface area contributed by atoms with Gasteiger partial charge in [0.1, 0.15) is 10.8 Å². The Kier molecular flexibility index (Phi) is 5.44. The molecule has 2 aromatic heterocycles. The topological polar surface area (TPSA) is 106 Å². The van der Waals surface area contributed by atoms with Crippen molar-refractivity contribution in [3.8, 4) is 0 Å². The van der Waals surface area contributed by atoms with Crippen LogP contribution in [-0.4, -0.2) is 23.9 Å². The van der Waals surface area contributed by atoms with Crippen LogP contribution in [0.15, 0.2) is 26.9 Å². The summed E-state index contributed by atoms with van der Waals surface area (Å²) in [5, 5.41) is 6.97. The standard InChI is InChI=1S/C13H14F3N5O2S/c1-18-12(19-4-7-2-3-8(23-7)11(17)22)20-5-10-21-9(6-24-10)13(14,15)16/h2-3,6H,4-5H2,1H3,(H2,17,22)(H2,18,19,20). The Bertz CT molecular complexity index is 738. The quantitative estimate of drug-likeness (QED) is 0.555. The number of furan rings is 1. The molecule has 4 N–H and O–H groups in total. The van der Waals surface area contributed by atoms with E-state index in [2.05, 4.69) is 20.6 Å². The monoisotopic (exact) mass is 361 g/mol. The van der Waals surface area contributed by atoms with Gasteiger partial charge in [0.05, 0.1) is 13.1 Å². The lowest BCUT2D eigenvalue weighted by Gasteiger charge is -2.09. The summed E-state index contributed by atoms with van der Waals surface area (Å²) >= 11 is 0.904. The van der Waals surface area contributed by atoms with E-state index in [0.29, 0.717) is 11.7 Å². The molecule has 0 saturated carbocycles. The van der Waals surface area contributed by atoms with Gasteiger partial charge in [-0.05, 0) is 12.1 Å². The lowest BCUT2D eigenvalue weighted by Crippen LogP contribution is -2.36. The molecule has 2 aromatic rings. The predicted octanol–water partition coefficient (Wildman–Crippen LogP) is 1.72. The van der Waals surface area contributed by atoms with E-state index >= 15 is 0 Å². The summed E-state index contributed by atoms with van der Waals surface area (Å²) in [6.07, 6.45) is -4.45. The molecule has 0 spiro atoms. The molecule has 0 saturated heterocycles. The van der Waals surface area contributed by atoms with Gasteiger partial charge in [-0.2, -0.15) is 13.2 Å². The van der Waals surface area contributed by atoms with Crippen LogP contribution in [0.5, 0.6) is 0 Å². The van der Waals surface area contributed by atoms with Crippen molar-refractivity contribution >= 4 is 23.2 Å². The number of primary amides is 1. The van der Waals surface area contributed by atoms with Crippen molar-refractivity contribution in [2.24, 2.45) is 10.7 Å². The van der Waals surface area contributed by atoms with Crippen LogP contribution in [0.3, 0.4) is 0 Å². The molecule has 1 amide bonds. The summed E-state index contributed by atoms with van der Waals surface area (Å²) in [7, 11) is 1.51. The van der Waals surface area contributed by atoms with Gasteiger partial charge in [-0.3, -0.25) is 9.79 Å². The lowest BCUT2D eigenvalue weighted by molar-refractivity contribution is -0.140. The van der Waals surface area contributed by atoms with E-state index in [-0.39, 0.29) is 23.9 Å². The Morgan fingerprint density at radius 3 is 2.62 bits per heavy atom. The first kappa shape index (κ1) is 17.8. The number of thiazole rings is 1. The number of alkyl halides is 3. The van der Waals surface area contributed by atoms with Gasteiger partial charge in [0, 0.05) is 12.4 Å². The highest BCUT2D eigenvalue weighted by Crippen LogP contribution is 2.29. The van der Waals surface area contributed by atoms with Gasteiger partial charge in [-0.25, -0.2) is 4.98 Å². The van der Waals surface area contributed by atoms with Crippen LogP contribution in [0.1, 0.15) is 27.0 Å². The van der Waals surface area contributed by atoms with Crippen LogP contribution in [0.2, 0.25) is 0 Å². The van der Waals surface area contributed by atoms with Crippen LogP contribution in [0, 0.1) is 0 Å². The van der Waals surface area contributed by atoms with E-state index in [1.165, 1.54) is 13.1 Å². The van der Waals surface area contributed by atoms with Crippen molar-refractivity contribution in [2.75, 3.05) is 7.05 Å². The first-order chi connectivity index (χ1) is 11.3. The second-order valence-corrected chi connectivity index (χ2v) is 5.48. The molecule has 11 heteroatoms. The van der Waals surface area contributed by atoms with E-state index < -0.39 is 17.8 Å². The minimum atomic E-state index is -4.45. The zero-order valence-electron chi connectivity index (χ0n) is 12.5. The maximum atomic E-state index is 12.5. The van der Waals surface area contributed by atoms with Crippen molar-refractivity contribution in [1.29, 1.82) is 0 Å². The number of carbonyl (C=O) groups excluding carboxylic acids is 1. The van der Waals surface area contributed by atoms with Crippen LogP contribution in [-0.2, 0) is 19.3 Å². The molecule has 0 aliphatic heterocycles. The highest BCUT2D eigenvalue weighted by atomic mass is 32.1. The van der Waals surface area contributed by atoms with E-state index in [0.717, 1.165) is 16.7 Å². The number of hydrogen-bond acceptors (Lipinski definition) is 5. The molecule has 0 unspecified atom stereocenters. The molecule has 0 aliphatic carbocycles.